The summed E-state index contributed by atoms with van der Waals surface area (Å²) in [6.07, 6.45) is 3.37. The number of methoxy groups -OCH3 is 1. The maximum absolute atomic E-state index is 11.4. The molecule has 0 bridgehead atoms. The van der Waals surface area contributed by atoms with E-state index in [2.05, 4.69) is 20.8 Å². The van der Waals surface area contributed by atoms with Gasteiger partial charge in [0.2, 0.25) is 0 Å². The Morgan fingerprint density at radius 1 is 1.46 bits per heavy atom. The summed E-state index contributed by atoms with van der Waals surface area (Å²) in [6.45, 7) is 6.65. The van der Waals surface area contributed by atoms with Gasteiger partial charge in [-0.25, -0.2) is 0 Å². The number of rotatable bonds is 1. The van der Waals surface area contributed by atoms with Crippen LogP contribution in [0.15, 0.2) is 0 Å². The molecular weight excluding hydrogens is 164 g/mol. The molecule has 0 saturated heterocycles. The van der Waals surface area contributed by atoms with Gasteiger partial charge < -0.3 is 4.74 Å². The monoisotopic (exact) mass is 184 g/mol. The van der Waals surface area contributed by atoms with Crippen molar-refractivity contribution in [2.45, 2.75) is 40.0 Å². The summed E-state index contributed by atoms with van der Waals surface area (Å²) in [5, 5.41) is 0. The van der Waals surface area contributed by atoms with Gasteiger partial charge in [0.05, 0.1) is 13.0 Å². The summed E-state index contributed by atoms with van der Waals surface area (Å²) < 4.78 is 4.81. The smallest absolute Gasteiger partial charge is 0.308 e. The van der Waals surface area contributed by atoms with Gasteiger partial charge >= 0.3 is 5.97 Å². The van der Waals surface area contributed by atoms with Crippen LogP contribution < -0.4 is 0 Å². The third-order valence-corrected chi connectivity index (χ3v) is 3.68. The van der Waals surface area contributed by atoms with Crippen LogP contribution in [0.1, 0.15) is 40.0 Å². The van der Waals surface area contributed by atoms with E-state index in [0.29, 0.717) is 5.92 Å². The summed E-state index contributed by atoms with van der Waals surface area (Å²) in [4.78, 5) is 11.4. The number of esters is 1. The lowest BCUT2D eigenvalue weighted by molar-refractivity contribution is -0.151. The third-order valence-electron chi connectivity index (χ3n) is 3.68. The Morgan fingerprint density at radius 3 is 2.62 bits per heavy atom. The minimum atomic E-state index is -0.0275. The fourth-order valence-corrected chi connectivity index (χ4v) is 2.27. The fourth-order valence-electron chi connectivity index (χ4n) is 2.27. The molecular formula is C11H20O2. The predicted molar refractivity (Wildman–Crippen MR) is 52.3 cm³/mol. The molecule has 1 aliphatic carbocycles. The minimum Gasteiger partial charge on any atom is -0.469 e. The Hall–Kier alpha value is -0.530. The van der Waals surface area contributed by atoms with Crippen LogP contribution >= 0.6 is 0 Å². The maximum Gasteiger partial charge on any atom is 0.308 e. The average molecular weight is 184 g/mol. The zero-order chi connectivity index (χ0) is 10.1. The summed E-state index contributed by atoms with van der Waals surface area (Å²) in [5.41, 5.74) is 0.289. The Balaban J connectivity index is 2.71. The highest BCUT2D eigenvalue weighted by atomic mass is 16.5. The highest BCUT2D eigenvalue weighted by Gasteiger charge is 2.39. The summed E-state index contributed by atoms with van der Waals surface area (Å²) in [7, 11) is 1.48. The van der Waals surface area contributed by atoms with E-state index < -0.39 is 0 Å². The largest absolute Gasteiger partial charge is 0.469 e. The molecule has 0 aromatic carbocycles. The molecule has 1 saturated carbocycles. The lowest BCUT2D eigenvalue weighted by atomic mass is 9.64. The van der Waals surface area contributed by atoms with Gasteiger partial charge in [-0.05, 0) is 24.2 Å². The number of carbonyl (C=O) groups is 1. The minimum absolute atomic E-state index is 0.0275. The standard InChI is InChI=1S/C11H20O2/c1-8-9(10(12)13-4)6-5-7-11(8,2)3/h8-9H,5-7H2,1-4H3. The van der Waals surface area contributed by atoms with Crippen LogP contribution in [0.3, 0.4) is 0 Å². The number of ether oxygens (including phenoxy) is 1. The molecule has 0 spiro atoms. The number of hydrogen-bond donors (Lipinski definition) is 0. The first-order valence-corrected chi connectivity index (χ1v) is 5.07. The van der Waals surface area contributed by atoms with E-state index >= 15 is 0 Å². The van der Waals surface area contributed by atoms with Crippen LogP contribution in [-0.2, 0) is 9.53 Å². The Kier molecular flexibility index (Phi) is 2.99. The van der Waals surface area contributed by atoms with Gasteiger partial charge in [-0.15, -0.1) is 0 Å². The SMILES string of the molecule is COC(=O)C1CCCC(C)(C)C1C. The topological polar surface area (TPSA) is 26.3 Å². The molecule has 0 aromatic rings. The molecule has 2 heteroatoms. The normalized spacial score (nSPS) is 32.6. The van der Waals surface area contributed by atoms with Crippen LogP contribution in [0.2, 0.25) is 0 Å². The van der Waals surface area contributed by atoms with Crippen molar-refractivity contribution in [2.24, 2.45) is 17.3 Å². The van der Waals surface area contributed by atoms with Crippen LogP contribution in [0.25, 0.3) is 0 Å². The number of carbonyl (C=O) groups excluding carboxylic acids is 1. The molecule has 1 rings (SSSR count). The quantitative estimate of drug-likeness (QED) is 0.585. The fraction of sp³-hybridized carbons (Fsp3) is 0.909. The summed E-state index contributed by atoms with van der Waals surface area (Å²) in [6, 6.07) is 0. The zero-order valence-corrected chi connectivity index (χ0v) is 9.09. The van der Waals surface area contributed by atoms with Crippen molar-refractivity contribution in [3.63, 3.8) is 0 Å². The van der Waals surface area contributed by atoms with Crippen molar-refractivity contribution in [1.29, 1.82) is 0 Å². The second-order valence-electron chi connectivity index (χ2n) is 4.80. The number of hydrogen-bond acceptors (Lipinski definition) is 2. The van der Waals surface area contributed by atoms with E-state index in [1.54, 1.807) is 0 Å². The Bertz CT molecular complexity index is 196. The van der Waals surface area contributed by atoms with Gasteiger partial charge in [0.15, 0.2) is 0 Å². The summed E-state index contributed by atoms with van der Waals surface area (Å²) in [5.74, 6) is 0.530. The Morgan fingerprint density at radius 2 is 2.08 bits per heavy atom. The average Bonchev–Trinajstić information content (AvgIpc) is 2.08. The lowest BCUT2D eigenvalue weighted by Crippen LogP contribution is -2.37. The van der Waals surface area contributed by atoms with Gasteiger partial charge in [0.25, 0.3) is 0 Å². The molecule has 0 aliphatic heterocycles. The van der Waals surface area contributed by atoms with Crippen molar-refractivity contribution < 1.29 is 9.53 Å². The maximum atomic E-state index is 11.4. The molecule has 0 N–H and O–H groups in total. The molecule has 0 aromatic heterocycles. The zero-order valence-electron chi connectivity index (χ0n) is 9.09. The molecule has 2 atom stereocenters. The highest BCUT2D eigenvalue weighted by Crippen LogP contribution is 2.43. The van der Waals surface area contributed by atoms with Crippen molar-refractivity contribution in [1.82, 2.24) is 0 Å². The molecule has 13 heavy (non-hydrogen) atoms. The Labute approximate surface area is 80.7 Å². The van der Waals surface area contributed by atoms with E-state index in [4.69, 9.17) is 4.74 Å². The third kappa shape index (κ3) is 2.04. The predicted octanol–water partition coefficient (Wildman–Crippen LogP) is 2.62. The first-order chi connectivity index (χ1) is 5.99. The van der Waals surface area contributed by atoms with Crippen molar-refractivity contribution in [3.05, 3.63) is 0 Å². The van der Waals surface area contributed by atoms with E-state index in [-0.39, 0.29) is 17.3 Å². The van der Waals surface area contributed by atoms with Crippen molar-refractivity contribution in [2.75, 3.05) is 7.11 Å². The first kappa shape index (κ1) is 10.6. The molecule has 0 radical (unpaired) electrons. The second kappa shape index (κ2) is 3.69. The lowest BCUT2D eigenvalue weighted by Gasteiger charge is -2.40. The molecule has 2 nitrogen and oxygen atoms in total. The van der Waals surface area contributed by atoms with Crippen molar-refractivity contribution >= 4 is 5.97 Å². The van der Waals surface area contributed by atoms with Crippen LogP contribution in [0.4, 0.5) is 0 Å². The van der Waals surface area contributed by atoms with Gasteiger partial charge in [-0.2, -0.15) is 0 Å². The van der Waals surface area contributed by atoms with E-state index in [9.17, 15) is 4.79 Å². The van der Waals surface area contributed by atoms with Crippen LogP contribution in [0, 0.1) is 17.3 Å². The molecule has 1 aliphatic rings. The van der Waals surface area contributed by atoms with E-state index in [1.165, 1.54) is 13.5 Å². The molecule has 2 unspecified atom stereocenters. The van der Waals surface area contributed by atoms with Crippen molar-refractivity contribution in [3.8, 4) is 0 Å². The van der Waals surface area contributed by atoms with Crippen LogP contribution in [-0.4, -0.2) is 13.1 Å². The molecule has 1 fully saturated rings. The first-order valence-electron chi connectivity index (χ1n) is 5.07. The van der Waals surface area contributed by atoms with Gasteiger partial charge in [0, 0.05) is 0 Å². The van der Waals surface area contributed by atoms with Crippen LogP contribution in [0.5, 0.6) is 0 Å². The molecule has 76 valence electrons. The molecule has 0 amide bonds. The van der Waals surface area contributed by atoms with E-state index in [1.807, 2.05) is 0 Å². The summed E-state index contributed by atoms with van der Waals surface area (Å²) >= 11 is 0. The van der Waals surface area contributed by atoms with E-state index in [0.717, 1.165) is 12.8 Å². The van der Waals surface area contributed by atoms with Gasteiger partial charge in [-0.1, -0.05) is 27.2 Å². The van der Waals surface area contributed by atoms with Gasteiger partial charge in [-0.3, -0.25) is 4.79 Å². The highest BCUT2D eigenvalue weighted by molar-refractivity contribution is 5.72. The molecule has 0 heterocycles. The van der Waals surface area contributed by atoms with Gasteiger partial charge in [0.1, 0.15) is 0 Å². The second-order valence-corrected chi connectivity index (χ2v) is 4.80.